The van der Waals surface area contributed by atoms with Crippen molar-refractivity contribution in [3.63, 3.8) is 0 Å². The second kappa shape index (κ2) is 5.72. The second-order valence-corrected chi connectivity index (χ2v) is 5.11. The molecule has 0 aromatic rings. The highest BCUT2D eigenvalue weighted by Crippen LogP contribution is 2.29. The minimum atomic E-state index is -0.210. The van der Waals surface area contributed by atoms with Gasteiger partial charge in [-0.3, -0.25) is 0 Å². The third-order valence-electron chi connectivity index (χ3n) is 3.42. The molecule has 0 bridgehead atoms. The van der Waals surface area contributed by atoms with Gasteiger partial charge in [0.25, 0.3) is 0 Å². The van der Waals surface area contributed by atoms with Gasteiger partial charge < -0.3 is 10.4 Å². The fourth-order valence-corrected chi connectivity index (χ4v) is 2.33. The van der Waals surface area contributed by atoms with E-state index < -0.39 is 0 Å². The molecular formula is C12H25NO. The lowest BCUT2D eigenvalue weighted by Crippen LogP contribution is -2.37. The van der Waals surface area contributed by atoms with Crippen LogP contribution in [0.15, 0.2) is 0 Å². The number of nitrogens with one attached hydrogen (secondary N) is 1. The van der Waals surface area contributed by atoms with Crippen molar-refractivity contribution in [2.45, 2.75) is 58.6 Å². The smallest absolute Gasteiger partial charge is 0.0636 e. The van der Waals surface area contributed by atoms with Gasteiger partial charge in [0.1, 0.15) is 0 Å². The molecule has 0 aliphatic heterocycles. The number of hydrogen-bond donors (Lipinski definition) is 2. The summed E-state index contributed by atoms with van der Waals surface area (Å²) in [5.41, 5.74) is 0. The standard InChI is InChI=1S/C12H25NO/c1-9(2)11-4-6-12(7-5-11)13-8-10(3)14/h9-14H,4-8H2,1-3H3. The predicted octanol–water partition coefficient (Wildman–Crippen LogP) is 2.17. The Hall–Kier alpha value is -0.0800. The molecule has 84 valence electrons. The van der Waals surface area contributed by atoms with Gasteiger partial charge in [0, 0.05) is 12.6 Å². The Morgan fingerprint density at radius 2 is 1.71 bits per heavy atom. The van der Waals surface area contributed by atoms with Crippen LogP contribution in [0.25, 0.3) is 0 Å². The molecule has 1 fully saturated rings. The molecule has 1 aliphatic carbocycles. The first-order valence-corrected chi connectivity index (χ1v) is 6.01. The van der Waals surface area contributed by atoms with Gasteiger partial charge in [0.05, 0.1) is 6.10 Å². The fourth-order valence-electron chi connectivity index (χ4n) is 2.33. The van der Waals surface area contributed by atoms with E-state index in [-0.39, 0.29) is 6.10 Å². The number of rotatable bonds is 4. The van der Waals surface area contributed by atoms with E-state index in [0.29, 0.717) is 6.04 Å². The summed E-state index contributed by atoms with van der Waals surface area (Å²) in [5, 5.41) is 12.6. The summed E-state index contributed by atoms with van der Waals surface area (Å²) in [5.74, 6) is 1.77. The molecule has 1 aliphatic rings. The Labute approximate surface area is 88.1 Å². The summed E-state index contributed by atoms with van der Waals surface area (Å²) in [6.07, 6.45) is 5.08. The molecule has 0 spiro atoms. The van der Waals surface area contributed by atoms with Gasteiger partial charge in [-0.2, -0.15) is 0 Å². The fraction of sp³-hybridized carbons (Fsp3) is 1.00. The summed E-state index contributed by atoms with van der Waals surface area (Å²) in [6, 6.07) is 0.652. The zero-order valence-corrected chi connectivity index (χ0v) is 9.79. The van der Waals surface area contributed by atoms with Crippen molar-refractivity contribution in [3.8, 4) is 0 Å². The van der Waals surface area contributed by atoms with Crippen molar-refractivity contribution in [1.82, 2.24) is 5.32 Å². The topological polar surface area (TPSA) is 32.3 Å². The van der Waals surface area contributed by atoms with Crippen molar-refractivity contribution in [2.75, 3.05) is 6.54 Å². The molecule has 0 saturated heterocycles. The summed E-state index contributed by atoms with van der Waals surface area (Å²) in [7, 11) is 0. The molecule has 14 heavy (non-hydrogen) atoms. The molecular weight excluding hydrogens is 174 g/mol. The largest absolute Gasteiger partial charge is 0.392 e. The van der Waals surface area contributed by atoms with Crippen molar-refractivity contribution in [2.24, 2.45) is 11.8 Å². The molecule has 1 saturated carbocycles. The average molecular weight is 199 g/mol. The Bertz CT molecular complexity index is 148. The average Bonchev–Trinajstić information content (AvgIpc) is 2.15. The highest BCUT2D eigenvalue weighted by molar-refractivity contribution is 4.78. The summed E-state index contributed by atoms with van der Waals surface area (Å²) in [6.45, 7) is 7.24. The summed E-state index contributed by atoms with van der Waals surface area (Å²) in [4.78, 5) is 0. The molecule has 0 aromatic heterocycles. The van der Waals surface area contributed by atoms with Crippen molar-refractivity contribution in [1.29, 1.82) is 0 Å². The molecule has 2 N–H and O–H groups in total. The maximum absolute atomic E-state index is 9.16. The second-order valence-electron chi connectivity index (χ2n) is 5.11. The van der Waals surface area contributed by atoms with E-state index in [1.54, 1.807) is 0 Å². The lowest BCUT2D eigenvalue weighted by atomic mass is 9.80. The van der Waals surface area contributed by atoms with E-state index in [1.165, 1.54) is 25.7 Å². The van der Waals surface area contributed by atoms with Crippen molar-refractivity contribution in [3.05, 3.63) is 0 Å². The van der Waals surface area contributed by atoms with Gasteiger partial charge in [-0.15, -0.1) is 0 Å². The van der Waals surface area contributed by atoms with Crippen LogP contribution in [0.1, 0.15) is 46.5 Å². The highest BCUT2D eigenvalue weighted by atomic mass is 16.3. The van der Waals surface area contributed by atoms with E-state index in [4.69, 9.17) is 5.11 Å². The van der Waals surface area contributed by atoms with Crippen LogP contribution in [0.2, 0.25) is 0 Å². The van der Waals surface area contributed by atoms with E-state index >= 15 is 0 Å². The van der Waals surface area contributed by atoms with Crippen LogP contribution in [-0.2, 0) is 0 Å². The molecule has 1 rings (SSSR count). The lowest BCUT2D eigenvalue weighted by molar-refractivity contribution is 0.172. The summed E-state index contributed by atoms with van der Waals surface area (Å²) < 4.78 is 0. The third-order valence-corrected chi connectivity index (χ3v) is 3.42. The highest BCUT2D eigenvalue weighted by Gasteiger charge is 2.22. The van der Waals surface area contributed by atoms with Crippen LogP contribution >= 0.6 is 0 Å². The van der Waals surface area contributed by atoms with Crippen LogP contribution in [0.5, 0.6) is 0 Å². The van der Waals surface area contributed by atoms with Crippen LogP contribution < -0.4 is 5.32 Å². The van der Waals surface area contributed by atoms with Gasteiger partial charge in [-0.05, 0) is 44.4 Å². The van der Waals surface area contributed by atoms with Crippen molar-refractivity contribution < 1.29 is 5.11 Å². The predicted molar refractivity (Wildman–Crippen MR) is 60.3 cm³/mol. The first-order valence-electron chi connectivity index (χ1n) is 6.01. The Morgan fingerprint density at radius 1 is 1.14 bits per heavy atom. The van der Waals surface area contributed by atoms with Crippen LogP contribution in [0.4, 0.5) is 0 Å². The van der Waals surface area contributed by atoms with Crippen LogP contribution in [0.3, 0.4) is 0 Å². The molecule has 0 heterocycles. The first-order chi connectivity index (χ1) is 6.59. The van der Waals surface area contributed by atoms with E-state index in [9.17, 15) is 0 Å². The number of hydrogen-bond acceptors (Lipinski definition) is 2. The SMILES string of the molecule is CC(O)CNC1CCC(C(C)C)CC1. The molecule has 2 nitrogen and oxygen atoms in total. The van der Waals surface area contributed by atoms with Gasteiger partial charge in [0.15, 0.2) is 0 Å². The van der Waals surface area contributed by atoms with E-state index in [0.717, 1.165) is 18.4 Å². The van der Waals surface area contributed by atoms with E-state index in [1.807, 2.05) is 6.92 Å². The number of aliphatic hydroxyl groups is 1. The molecule has 0 radical (unpaired) electrons. The molecule has 0 amide bonds. The van der Waals surface area contributed by atoms with Gasteiger partial charge >= 0.3 is 0 Å². The Balaban J connectivity index is 2.16. The first kappa shape index (κ1) is 12.0. The third kappa shape index (κ3) is 3.97. The minimum Gasteiger partial charge on any atom is -0.392 e. The van der Waals surface area contributed by atoms with Gasteiger partial charge in [-0.1, -0.05) is 13.8 Å². The Kier molecular flexibility index (Phi) is 4.90. The molecule has 1 atom stereocenters. The summed E-state index contributed by atoms with van der Waals surface area (Å²) >= 11 is 0. The maximum Gasteiger partial charge on any atom is 0.0636 e. The van der Waals surface area contributed by atoms with Crippen LogP contribution in [-0.4, -0.2) is 23.8 Å². The lowest BCUT2D eigenvalue weighted by Gasteiger charge is -2.31. The maximum atomic E-state index is 9.16. The number of aliphatic hydroxyl groups excluding tert-OH is 1. The van der Waals surface area contributed by atoms with E-state index in [2.05, 4.69) is 19.2 Å². The molecule has 1 unspecified atom stereocenters. The zero-order valence-electron chi connectivity index (χ0n) is 9.79. The molecule has 0 aromatic carbocycles. The van der Waals surface area contributed by atoms with Gasteiger partial charge in [0.2, 0.25) is 0 Å². The van der Waals surface area contributed by atoms with Gasteiger partial charge in [-0.25, -0.2) is 0 Å². The monoisotopic (exact) mass is 199 g/mol. The quantitative estimate of drug-likeness (QED) is 0.727. The van der Waals surface area contributed by atoms with Crippen LogP contribution in [0, 0.1) is 11.8 Å². The normalized spacial score (nSPS) is 30.6. The minimum absolute atomic E-state index is 0.210. The zero-order chi connectivity index (χ0) is 10.6. The van der Waals surface area contributed by atoms with Crippen molar-refractivity contribution >= 4 is 0 Å². The molecule has 2 heteroatoms. The Morgan fingerprint density at radius 3 is 2.14 bits per heavy atom.